The third-order valence-corrected chi connectivity index (χ3v) is 6.60. The van der Waals surface area contributed by atoms with E-state index in [2.05, 4.69) is 61.0 Å². The number of hydrogen-bond acceptors (Lipinski definition) is 2. The molecule has 19 heavy (non-hydrogen) atoms. The molecule has 0 aromatic heterocycles. The van der Waals surface area contributed by atoms with Gasteiger partial charge in [-0.2, -0.15) is 0 Å². The van der Waals surface area contributed by atoms with Crippen molar-refractivity contribution in [3.63, 3.8) is 0 Å². The molecule has 0 nitrogen and oxygen atoms in total. The predicted octanol–water partition coefficient (Wildman–Crippen LogP) is 4.53. The number of benzene rings is 2. The van der Waals surface area contributed by atoms with Crippen LogP contribution in [-0.4, -0.2) is 27.5 Å². The zero-order valence-corrected chi connectivity index (χ0v) is 14.6. The average molecular weight is 353 g/mol. The molecule has 2 rings (SSSR count). The van der Waals surface area contributed by atoms with Crippen LogP contribution < -0.4 is 0 Å². The van der Waals surface area contributed by atoms with Crippen molar-refractivity contribution in [1.82, 2.24) is 0 Å². The van der Waals surface area contributed by atoms with Crippen molar-refractivity contribution in [2.45, 2.75) is 20.4 Å². The van der Waals surface area contributed by atoms with E-state index >= 15 is 0 Å². The summed E-state index contributed by atoms with van der Waals surface area (Å²) in [5.41, 5.74) is 2.94. The van der Waals surface area contributed by atoms with Gasteiger partial charge in [-0.05, 0) is 0 Å². The maximum atomic E-state index is 2.27. The summed E-state index contributed by atoms with van der Waals surface area (Å²) >= 11 is 4.26. The predicted molar refractivity (Wildman–Crippen MR) is 89.6 cm³/mol. The standard InChI is InChI=1S/C16H18S2Se/c1-17-15-7-3-13(4-8-15)11-19-12-14-5-9-16(18-2)10-6-14/h3-10H,11-12H2,1-2H3. The summed E-state index contributed by atoms with van der Waals surface area (Å²) in [7, 11) is 0. The van der Waals surface area contributed by atoms with Gasteiger partial charge in [-0.15, -0.1) is 0 Å². The fourth-order valence-corrected chi connectivity index (χ4v) is 4.56. The van der Waals surface area contributed by atoms with Gasteiger partial charge in [0.25, 0.3) is 0 Å². The molecule has 0 saturated carbocycles. The van der Waals surface area contributed by atoms with Gasteiger partial charge in [-0.3, -0.25) is 0 Å². The van der Waals surface area contributed by atoms with Crippen LogP contribution in [0.15, 0.2) is 58.3 Å². The van der Waals surface area contributed by atoms with Crippen LogP contribution in [0.1, 0.15) is 11.1 Å². The Kier molecular flexibility index (Phi) is 6.39. The Morgan fingerprint density at radius 3 is 1.37 bits per heavy atom. The van der Waals surface area contributed by atoms with Gasteiger partial charge in [-0.1, -0.05) is 0 Å². The van der Waals surface area contributed by atoms with E-state index in [4.69, 9.17) is 0 Å². The molecular formula is C16H18S2Se. The van der Waals surface area contributed by atoms with Gasteiger partial charge in [0.05, 0.1) is 0 Å². The molecule has 0 atom stereocenters. The second-order valence-corrected chi connectivity index (χ2v) is 8.02. The number of rotatable bonds is 6. The van der Waals surface area contributed by atoms with E-state index in [0.29, 0.717) is 15.0 Å². The molecule has 0 aliphatic rings. The molecule has 0 N–H and O–H groups in total. The van der Waals surface area contributed by atoms with Gasteiger partial charge in [0.15, 0.2) is 0 Å². The van der Waals surface area contributed by atoms with Crippen molar-refractivity contribution in [1.29, 1.82) is 0 Å². The minimum atomic E-state index is 0.655. The monoisotopic (exact) mass is 354 g/mol. The van der Waals surface area contributed by atoms with Crippen LogP contribution in [0.4, 0.5) is 0 Å². The second-order valence-electron chi connectivity index (χ2n) is 4.19. The minimum absolute atomic E-state index is 0.655. The maximum absolute atomic E-state index is 2.27. The molecule has 0 amide bonds. The first-order valence-electron chi connectivity index (χ1n) is 6.15. The first-order chi connectivity index (χ1) is 9.31. The van der Waals surface area contributed by atoms with E-state index in [1.54, 1.807) is 23.5 Å². The number of thioether (sulfide) groups is 2. The molecule has 0 bridgehead atoms. The SMILES string of the molecule is CSc1ccc(C[Se]Cc2ccc(SC)cc2)cc1. The molecule has 0 radical (unpaired) electrons. The van der Waals surface area contributed by atoms with E-state index < -0.39 is 0 Å². The zero-order chi connectivity index (χ0) is 13.5. The van der Waals surface area contributed by atoms with Crippen molar-refractivity contribution in [3.8, 4) is 0 Å². The van der Waals surface area contributed by atoms with Crippen LogP contribution in [0.5, 0.6) is 0 Å². The molecule has 0 fully saturated rings. The topological polar surface area (TPSA) is 0 Å². The molecule has 0 aliphatic heterocycles. The van der Waals surface area contributed by atoms with Crippen LogP contribution >= 0.6 is 23.5 Å². The third kappa shape index (κ3) is 4.92. The van der Waals surface area contributed by atoms with Crippen LogP contribution in [0.2, 0.25) is 0 Å². The molecule has 0 heterocycles. The second kappa shape index (κ2) is 8.06. The van der Waals surface area contributed by atoms with Gasteiger partial charge in [0, 0.05) is 0 Å². The average Bonchev–Trinajstić information content (AvgIpc) is 2.49. The Hall–Kier alpha value is -0.341. The van der Waals surface area contributed by atoms with Crippen molar-refractivity contribution < 1.29 is 0 Å². The zero-order valence-electron chi connectivity index (χ0n) is 11.3. The van der Waals surface area contributed by atoms with E-state index in [1.807, 2.05) is 0 Å². The quantitative estimate of drug-likeness (QED) is 0.553. The molecule has 3 heteroatoms. The molecule has 100 valence electrons. The van der Waals surface area contributed by atoms with Gasteiger partial charge in [0.2, 0.25) is 0 Å². The Labute approximate surface area is 130 Å². The Morgan fingerprint density at radius 1 is 0.684 bits per heavy atom. The summed E-state index contributed by atoms with van der Waals surface area (Å²) in [4.78, 5) is 2.70. The first kappa shape index (κ1) is 15.1. The first-order valence-corrected chi connectivity index (χ1v) is 11.0. The van der Waals surface area contributed by atoms with Crippen molar-refractivity contribution in [3.05, 3.63) is 59.7 Å². The third-order valence-electron chi connectivity index (χ3n) is 2.86. The van der Waals surface area contributed by atoms with Crippen molar-refractivity contribution in [2.24, 2.45) is 0 Å². The van der Waals surface area contributed by atoms with E-state index in [-0.39, 0.29) is 0 Å². The van der Waals surface area contributed by atoms with Gasteiger partial charge >= 0.3 is 131 Å². The normalized spacial score (nSPS) is 10.6. The Balaban J connectivity index is 1.81. The molecule has 0 unspecified atom stereocenters. The van der Waals surface area contributed by atoms with Gasteiger partial charge in [-0.25, -0.2) is 0 Å². The molecular weight excluding hydrogens is 335 g/mol. The molecule has 2 aromatic rings. The van der Waals surface area contributed by atoms with Gasteiger partial charge in [0.1, 0.15) is 0 Å². The summed E-state index contributed by atoms with van der Waals surface area (Å²) in [5.74, 6) is 0. The summed E-state index contributed by atoms with van der Waals surface area (Å²) in [6.07, 6.45) is 4.24. The summed E-state index contributed by atoms with van der Waals surface area (Å²) in [6.45, 7) is 0. The van der Waals surface area contributed by atoms with E-state index in [9.17, 15) is 0 Å². The van der Waals surface area contributed by atoms with Crippen molar-refractivity contribution in [2.75, 3.05) is 12.5 Å². The Morgan fingerprint density at radius 2 is 1.05 bits per heavy atom. The molecule has 0 aliphatic carbocycles. The van der Waals surface area contributed by atoms with Crippen LogP contribution in [0, 0.1) is 0 Å². The Bertz CT molecular complexity index is 444. The summed E-state index contributed by atoms with van der Waals surface area (Å²) in [6, 6.07) is 18.0. The van der Waals surface area contributed by atoms with Crippen molar-refractivity contribution >= 4 is 38.5 Å². The molecule has 0 saturated heterocycles. The fourth-order valence-electron chi connectivity index (χ4n) is 1.73. The molecule has 0 spiro atoms. The van der Waals surface area contributed by atoms with E-state index in [0.717, 1.165) is 0 Å². The van der Waals surface area contributed by atoms with Crippen LogP contribution in [-0.2, 0) is 10.6 Å². The summed E-state index contributed by atoms with van der Waals surface area (Å²) in [5, 5.41) is 2.46. The van der Waals surface area contributed by atoms with Crippen LogP contribution in [0.25, 0.3) is 0 Å². The van der Waals surface area contributed by atoms with Crippen LogP contribution in [0.3, 0.4) is 0 Å². The van der Waals surface area contributed by atoms with E-state index in [1.165, 1.54) is 31.6 Å². The fraction of sp³-hybridized carbons (Fsp3) is 0.250. The number of hydrogen-bond donors (Lipinski definition) is 0. The summed E-state index contributed by atoms with van der Waals surface area (Å²) < 4.78 is 0. The molecule has 2 aromatic carbocycles. The van der Waals surface area contributed by atoms with Gasteiger partial charge < -0.3 is 0 Å².